The third-order valence-electron chi connectivity index (χ3n) is 8.41. The van der Waals surface area contributed by atoms with Gasteiger partial charge in [-0.1, -0.05) is 42.2 Å². The van der Waals surface area contributed by atoms with Crippen molar-refractivity contribution in [3.63, 3.8) is 0 Å². The van der Waals surface area contributed by atoms with Gasteiger partial charge >= 0.3 is 181 Å². The number of carbonyl (C=O) groups excluding carboxylic acids is 1. The van der Waals surface area contributed by atoms with E-state index in [4.69, 9.17) is 5.73 Å². The van der Waals surface area contributed by atoms with E-state index in [0.29, 0.717) is 33.4 Å². The molecular formula is C37H29IN8O2. The fourth-order valence-corrected chi connectivity index (χ4v) is 11.8. The molecule has 3 N–H and O–H groups in total. The zero-order chi connectivity index (χ0) is 33.2. The zero-order valence-corrected chi connectivity index (χ0v) is 28.2. The third kappa shape index (κ3) is 4.89. The molecule has 1 unspecified atom stereocenters. The van der Waals surface area contributed by atoms with Crippen molar-refractivity contribution < 1.29 is 4.79 Å². The van der Waals surface area contributed by atoms with E-state index in [-0.39, 0.29) is 16.9 Å². The molecule has 8 rings (SSSR count). The summed E-state index contributed by atoms with van der Waals surface area (Å²) in [7, 11) is 0. The molecule has 236 valence electrons. The summed E-state index contributed by atoms with van der Waals surface area (Å²) in [5, 5.41) is 13.1. The van der Waals surface area contributed by atoms with Crippen LogP contribution >= 0.6 is 18.0 Å². The molecule has 1 amide bonds. The number of benzene rings is 2. The van der Waals surface area contributed by atoms with Crippen molar-refractivity contribution in [2.45, 2.75) is 13.0 Å². The van der Waals surface area contributed by atoms with Crippen LogP contribution in [0.15, 0.2) is 106 Å². The number of amides is 1. The Balaban J connectivity index is 1.21. The van der Waals surface area contributed by atoms with Gasteiger partial charge in [-0.2, -0.15) is 5.10 Å². The molecule has 7 aromatic rings. The van der Waals surface area contributed by atoms with E-state index in [1.807, 2.05) is 92.0 Å². The topological polar surface area (TPSA) is 125 Å². The molecule has 0 radical (unpaired) electrons. The number of alkyl halides is 1. The number of nitrogen functional groups attached to an aromatic ring is 1. The number of para-hydroxylation sites is 1. The first-order chi connectivity index (χ1) is 23.2. The third-order valence-corrected chi connectivity index (χ3v) is 13.3. The van der Waals surface area contributed by atoms with Gasteiger partial charge in [-0.25, -0.2) is 4.52 Å². The van der Waals surface area contributed by atoms with Crippen LogP contribution in [0.2, 0.25) is 0 Å². The molecule has 0 bridgehead atoms. The average molecular weight is 745 g/mol. The normalized spacial score (nSPS) is 17.3. The fraction of sp³-hybridized carbons (Fsp3) is 0.0811. The van der Waals surface area contributed by atoms with E-state index < -0.39 is 29.9 Å². The first-order valence-electron chi connectivity index (χ1n) is 15.1. The number of pyridine rings is 2. The molecule has 1 aliphatic heterocycles. The molecule has 2 atom stereocenters. The molecule has 0 saturated heterocycles. The Bertz CT molecular complexity index is 2670. The van der Waals surface area contributed by atoms with Crippen molar-refractivity contribution in [2.24, 2.45) is 0 Å². The van der Waals surface area contributed by atoms with Crippen molar-refractivity contribution in [3.05, 3.63) is 140 Å². The van der Waals surface area contributed by atoms with Gasteiger partial charge in [0.2, 0.25) is 0 Å². The molecule has 10 nitrogen and oxygen atoms in total. The van der Waals surface area contributed by atoms with E-state index >= 15 is 0 Å². The predicted octanol–water partition coefficient (Wildman–Crippen LogP) is 5.57. The number of anilines is 1. The van der Waals surface area contributed by atoms with E-state index in [0.717, 1.165) is 16.8 Å². The van der Waals surface area contributed by atoms with Crippen molar-refractivity contribution >= 4 is 59.7 Å². The Hall–Kier alpha value is -5.87. The molecule has 11 heteroatoms. The van der Waals surface area contributed by atoms with E-state index in [2.05, 4.69) is 45.9 Å². The monoisotopic (exact) mass is 744 g/mol. The first kappa shape index (κ1) is 29.5. The van der Waals surface area contributed by atoms with Gasteiger partial charge in [0.25, 0.3) is 0 Å². The molecule has 48 heavy (non-hydrogen) atoms. The van der Waals surface area contributed by atoms with Crippen LogP contribution in [0, 0.1) is 11.8 Å². The quantitative estimate of drug-likeness (QED) is 0.135. The summed E-state index contributed by atoms with van der Waals surface area (Å²) < 4.78 is 12.8. The van der Waals surface area contributed by atoms with Crippen LogP contribution < -0.4 is 16.6 Å². The van der Waals surface area contributed by atoms with Gasteiger partial charge in [0.15, 0.2) is 0 Å². The summed E-state index contributed by atoms with van der Waals surface area (Å²) in [5.74, 6) is 6.07. The van der Waals surface area contributed by atoms with Gasteiger partial charge < -0.3 is 0 Å². The van der Waals surface area contributed by atoms with Crippen LogP contribution in [0.25, 0.3) is 31.2 Å². The van der Waals surface area contributed by atoms with Crippen LogP contribution in [0.4, 0.5) is 5.82 Å². The second-order valence-electron chi connectivity index (χ2n) is 11.7. The summed E-state index contributed by atoms with van der Waals surface area (Å²) in [5.41, 5.74) is 11.0. The minimum atomic E-state index is -2.23. The Morgan fingerprint density at radius 1 is 1.02 bits per heavy atom. The Morgan fingerprint density at radius 3 is 2.58 bits per heavy atom. The zero-order valence-electron chi connectivity index (χ0n) is 26.1. The second kappa shape index (κ2) is 11.1. The van der Waals surface area contributed by atoms with E-state index in [1.54, 1.807) is 26.0 Å². The summed E-state index contributed by atoms with van der Waals surface area (Å²) in [6.07, 6.45) is 5.24. The summed E-state index contributed by atoms with van der Waals surface area (Å²) in [6.45, 7) is 1.84. The van der Waals surface area contributed by atoms with Gasteiger partial charge in [-0.3, -0.25) is 0 Å². The summed E-state index contributed by atoms with van der Waals surface area (Å²) in [4.78, 5) is 35.0. The van der Waals surface area contributed by atoms with Crippen molar-refractivity contribution in [1.82, 2.24) is 34.1 Å². The van der Waals surface area contributed by atoms with Crippen LogP contribution in [0.5, 0.6) is 0 Å². The molecule has 6 heterocycles. The molecule has 5 aromatic heterocycles. The van der Waals surface area contributed by atoms with Gasteiger partial charge in [0.1, 0.15) is 0 Å². The summed E-state index contributed by atoms with van der Waals surface area (Å²) in [6, 6.07) is 23.9. The van der Waals surface area contributed by atoms with Crippen molar-refractivity contribution in [1.29, 1.82) is 0 Å². The Kier molecular flexibility index (Phi) is 6.85. The van der Waals surface area contributed by atoms with E-state index in [9.17, 15) is 9.59 Å². The molecule has 0 spiro atoms. The van der Waals surface area contributed by atoms with Crippen LogP contribution in [0.3, 0.4) is 0 Å². The fourth-order valence-electron chi connectivity index (χ4n) is 5.98. The Morgan fingerprint density at radius 2 is 1.79 bits per heavy atom. The number of nitrogens with zero attached hydrogens (tertiary/aromatic N) is 6. The van der Waals surface area contributed by atoms with Crippen LogP contribution in [0.1, 0.15) is 45.8 Å². The number of aromatic nitrogens is 6. The number of nitrogens with one attached hydrogen (secondary N) is 1. The van der Waals surface area contributed by atoms with Crippen molar-refractivity contribution in [3.8, 4) is 17.5 Å². The number of halogens is 1. The van der Waals surface area contributed by atoms with Crippen molar-refractivity contribution in [2.75, 3.05) is 10.7 Å². The maximum atomic E-state index is 14.5. The number of hydrogen-bond donors (Lipinski definition) is 2. The van der Waals surface area contributed by atoms with Crippen LogP contribution in [-0.4, -0.2) is 44.1 Å². The van der Waals surface area contributed by atoms with Gasteiger partial charge in [-0.15, -0.1) is 0 Å². The minimum absolute atomic E-state index is 0.0756. The SMILES string of the molecule is C=I1(C)C=C1c1ccnc2c(C(=O)N[C@H](C)c3cc4cccc(C#Cc5cnn6ccccc56)c4c(=O)n3-c3ccccc3)c(N)nn12. The standard InChI is InChI=1S/C37H29IN8O2/c1-23(42-36(47)33-34(39)43-46-30(17-18-40-35(33)46)28-21-38(28,2)3)31-20-25-11-9-10-24(15-16-26-22-41-44-19-8-7-14-29(26)44)32(25)37(48)45(31)27-12-5-4-6-13-27/h4-14,17-23H,2H2,1,3H3,(H2,39,43)(H,42,47)/t23-/m1/s1. The first-order valence-corrected chi connectivity index (χ1v) is 21.1. The van der Waals surface area contributed by atoms with E-state index in [1.165, 1.54) is 3.58 Å². The molecule has 1 aliphatic rings. The predicted molar refractivity (Wildman–Crippen MR) is 199 cm³/mol. The molecular weight excluding hydrogens is 715 g/mol. The molecule has 2 aromatic carbocycles. The maximum absolute atomic E-state index is 14.5. The number of hydrogen-bond acceptors (Lipinski definition) is 6. The molecule has 0 saturated carbocycles. The molecule has 0 aliphatic carbocycles. The van der Waals surface area contributed by atoms with Crippen LogP contribution in [-0.2, 0) is 0 Å². The van der Waals surface area contributed by atoms with Gasteiger partial charge in [0.05, 0.1) is 17.3 Å². The molecule has 0 fully saturated rings. The Labute approximate surface area is 278 Å². The summed E-state index contributed by atoms with van der Waals surface area (Å²) >= 11 is -2.23. The van der Waals surface area contributed by atoms with Gasteiger partial charge in [0, 0.05) is 11.8 Å². The number of fused-ring (bicyclic) bond motifs is 3. The number of rotatable bonds is 5. The van der Waals surface area contributed by atoms with Gasteiger partial charge in [-0.05, 0) is 18.2 Å². The number of nitrogens with two attached hydrogens (primary N) is 1. The second-order valence-corrected chi connectivity index (χ2v) is 19.6. The number of carbonyl (C=O) groups is 1. The average Bonchev–Trinajstić information content (AvgIpc) is 3.37.